The second-order valence-corrected chi connectivity index (χ2v) is 6.56. The van der Waals surface area contributed by atoms with Crippen LogP contribution in [0.25, 0.3) is 0 Å². The minimum absolute atomic E-state index is 0.0618. The van der Waals surface area contributed by atoms with Gasteiger partial charge in [0.2, 0.25) is 0 Å². The van der Waals surface area contributed by atoms with Gasteiger partial charge in [0.25, 0.3) is 0 Å². The molecule has 0 aromatic rings. The molecule has 0 heterocycles. The number of rotatable bonds is 7. The molecule has 0 unspecified atom stereocenters. The first-order valence-corrected chi connectivity index (χ1v) is 6.92. The highest BCUT2D eigenvalue weighted by Gasteiger charge is 2.16. The summed E-state index contributed by atoms with van der Waals surface area (Å²) in [5.74, 6) is 1.35. The van der Waals surface area contributed by atoms with E-state index in [2.05, 4.69) is 20.8 Å². The highest BCUT2D eigenvalue weighted by molar-refractivity contribution is 5.69. The van der Waals surface area contributed by atoms with E-state index in [1.165, 1.54) is 19.3 Å². The van der Waals surface area contributed by atoms with Gasteiger partial charge < -0.3 is 4.74 Å². The summed E-state index contributed by atoms with van der Waals surface area (Å²) in [6, 6.07) is 0. The van der Waals surface area contributed by atoms with Crippen LogP contribution in [0.2, 0.25) is 0 Å². The van der Waals surface area contributed by atoms with Gasteiger partial charge in [0, 0.05) is 6.42 Å². The van der Waals surface area contributed by atoms with Crippen LogP contribution >= 0.6 is 0 Å². The van der Waals surface area contributed by atoms with Crippen LogP contribution in [-0.4, -0.2) is 11.6 Å². The second-order valence-electron chi connectivity index (χ2n) is 6.56. The zero-order chi connectivity index (χ0) is 13.5. The molecule has 102 valence electrons. The maximum Gasteiger partial charge on any atom is 0.306 e. The third kappa shape index (κ3) is 11.7. The highest BCUT2D eigenvalue weighted by atomic mass is 16.6. The molecule has 0 aliphatic heterocycles. The van der Waals surface area contributed by atoms with Gasteiger partial charge in [-0.25, -0.2) is 0 Å². The maximum atomic E-state index is 11.5. The van der Waals surface area contributed by atoms with Crippen molar-refractivity contribution in [3.05, 3.63) is 0 Å². The summed E-state index contributed by atoms with van der Waals surface area (Å²) >= 11 is 0. The van der Waals surface area contributed by atoms with E-state index in [1.807, 2.05) is 20.8 Å². The number of carbonyl (C=O) groups excluding carboxylic acids is 1. The van der Waals surface area contributed by atoms with E-state index in [4.69, 9.17) is 4.74 Å². The number of hydrogen-bond donors (Lipinski definition) is 0. The van der Waals surface area contributed by atoms with Crippen LogP contribution in [-0.2, 0) is 9.53 Å². The summed E-state index contributed by atoms with van der Waals surface area (Å²) < 4.78 is 5.29. The largest absolute Gasteiger partial charge is 0.460 e. The molecular weight excluding hydrogens is 212 g/mol. The molecule has 0 aliphatic rings. The zero-order valence-electron chi connectivity index (χ0n) is 12.5. The van der Waals surface area contributed by atoms with Crippen molar-refractivity contribution in [2.24, 2.45) is 11.8 Å². The highest BCUT2D eigenvalue weighted by Crippen LogP contribution is 2.18. The molecule has 0 saturated carbocycles. The van der Waals surface area contributed by atoms with E-state index in [-0.39, 0.29) is 11.6 Å². The molecule has 0 saturated heterocycles. The van der Waals surface area contributed by atoms with Gasteiger partial charge in [0.15, 0.2) is 0 Å². The first kappa shape index (κ1) is 16.5. The van der Waals surface area contributed by atoms with Gasteiger partial charge in [0.05, 0.1) is 0 Å². The lowest BCUT2D eigenvalue weighted by Gasteiger charge is -2.20. The Kier molecular flexibility index (Phi) is 7.49. The third-order valence-electron chi connectivity index (χ3n) is 2.74. The van der Waals surface area contributed by atoms with Crippen LogP contribution in [0.4, 0.5) is 0 Å². The summed E-state index contributed by atoms with van der Waals surface area (Å²) in [5, 5.41) is 0. The van der Waals surface area contributed by atoms with Gasteiger partial charge in [-0.15, -0.1) is 0 Å². The number of hydrogen-bond acceptors (Lipinski definition) is 2. The van der Waals surface area contributed by atoms with Crippen LogP contribution < -0.4 is 0 Å². The minimum Gasteiger partial charge on any atom is -0.460 e. The van der Waals surface area contributed by atoms with Gasteiger partial charge in [0.1, 0.15) is 5.60 Å². The van der Waals surface area contributed by atoms with Gasteiger partial charge in [-0.2, -0.15) is 0 Å². The standard InChI is InChI=1S/C15H30O2/c1-12(2)8-7-9-13(3)10-11-14(16)17-15(4,5)6/h12-13H,7-11H2,1-6H3/t13-/m1/s1. The van der Waals surface area contributed by atoms with E-state index in [1.54, 1.807) is 0 Å². The smallest absolute Gasteiger partial charge is 0.306 e. The molecule has 0 N–H and O–H groups in total. The lowest BCUT2D eigenvalue weighted by Crippen LogP contribution is -2.24. The fraction of sp³-hybridized carbons (Fsp3) is 0.933. The van der Waals surface area contributed by atoms with Crippen LogP contribution in [0.15, 0.2) is 0 Å². The fourth-order valence-electron chi connectivity index (χ4n) is 1.78. The van der Waals surface area contributed by atoms with Crippen LogP contribution in [0.1, 0.15) is 73.6 Å². The molecule has 0 radical (unpaired) electrons. The van der Waals surface area contributed by atoms with E-state index in [0.717, 1.165) is 12.3 Å². The minimum atomic E-state index is -0.349. The second kappa shape index (κ2) is 7.73. The Balaban J connectivity index is 3.62. The quantitative estimate of drug-likeness (QED) is 0.611. The molecule has 17 heavy (non-hydrogen) atoms. The van der Waals surface area contributed by atoms with Gasteiger partial charge >= 0.3 is 5.97 Å². The summed E-state index contributed by atoms with van der Waals surface area (Å²) in [7, 11) is 0. The summed E-state index contributed by atoms with van der Waals surface area (Å²) in [5.41, 5.74) is -0.349. The Bertz CT molecular complexity index is 213. The van der Waals surface area contributed by atoms with Crippen molar-refractivity contribution in [3.8, 4) is 0 Å². The van der Waals surface area contributed by atoms with Crippen molar-refractivity contribution in [1.82, 2.24) is 0 Å². The molecule has 0 aromatic heterocycles. The SMILES string of the molecule is CC(C)CCC[C@@H](C)CCC(=O)OC(C)(C)C. The first-order chi connectivity index (χ1) is 7.70. The van der Waals surface area contributed by atoms with Gasteiger partial charge in [-0.05, 0) is 39.0 Å². The monoisotopic (exact) mass is 242 g/mol. The normalized spacial score (nSPS) is 13.8. The van der Waals surface area contributed by atoms with Crippen molar-refractivity contribution < 1.29 is 9.53 Å². The molecule has 0 rings (SSSR count). The topological polar surface area (TPSA) is 26.3 Å². The molecule has 0 amide bonds. The Morgan fingerprint density at radius 3 is 2.12 bits per heavy atom. The molecular formula is C15H30O2. The summed E-state index contributed by atoms with van der Waals surface area (Å²) in [4.78, 5) is 11.5. The van der Waals surface area contributed by atoms with Crippen LogP contribution in [0, 0.1) is 11.8 Å². The average molecular weight is 242 g/mol. The molecule has 0 aliphatic carbocycles. The predicted molar refractivity (Wildman–Crippen MR) is 72.9 cm³/mol. The van der Waals surface area contributed by atoms with E-state index >= 15 is 0 Å². The Hall–Kier alpha value is -0.530. The maximum absolute atomic E-state index is 11.5. The van der Waals surface area contributed by atoms with Gasteiger partial charge in [-0.3, -0.25) is 4.79 Å². The lowest BCUT2D eigenvalue weighted by atomic mass is 9.96. The molecule has 2 heteroatoms. The van der Waals surface area contributed by atoms with E-state index in [0.29, 0.717) is 12.3 Å². The van der Waals surface area contributed by atoms with E-state index in [9.17, 15) is 4.79 Å². The molecule has 0 aromatic carbocycles. The number of esters is 1. The molecule has 1 atom stereocenters. The fourth-order valence-corrected chi connectivity index (χ4v) is 1.78. The van der Waals surface area contributed by atoms with Crippen molar-refractivity contribution >= 4 is 5.97 Å². The Labute approximate surface area is 107 Å². The first-order valence-electron chi connectivity index (χ1n) is 6.92. The molecule has 0 bridgehead atoms. The van der Waals surface area contributed by atoms with Crippen LogP contribution in [0.5, 0.6) is 0 Å². The Morgan fingerprint density at radius 1 is 1.06 bits per heavy atom. The van der Waals surface area contributed by atoms with Gasteiger partial charge in [-0.1, -0.05) is 40.0 Å². The zero-order valence-corrected chi connectivity index (χ0v) is 12.5. The average Bonchev–Trinajstić information content (AvgIpc) is 2.11. The Morgan fingerprint density at radius 2 is 1.65 bits per heavy atom. The van der Waals surface area contributed by atoms with Crippen molar-refractivity contribution in [2.45, 2.75) is 79.2 Å². The molecule has 0 fully saturated rings. The molecule has 2 nitrogen and oxygen atoms in total. The molecule has 0 spiro atoms. The van der Waals surface area contributed by atoms with Crippen molar-refractivity contribution in [1.29, 1.82) is 0 Å². The third-order valence-corrected chi connectivity index (χ3v) is 2.74. The summed E-state index contributed by atoms with van der Waals surface area (Å²) in [6.45, 7) is 12.5. The van der Waals surface area contributed by atoms with Crippen LogP contribution in [0.3, 0.4) is 0 Å². The van der Waals surface area contributed by atoms with Crippen molar-refractivity contribution in [2.75, 3.05) is 0 Å². The predicted octanol–water partition coefficient (Wildman–Crippen LogP) is 4.57. The number of ether oxygens (including phenoxy) is 1. The summed E-state index contributed by atoms with van der Waals surface area (Å²) in [6.07, 6.45) is 5.29. The lowest BCUT2D eigenvalue weighted by molar-refractivity contribution is -0.155. The van der Waals surface area contributed by atoms with Crippen molar-refractivity contribution in [3.63, 3.8) is 0 Å². The van der Waals surface area contributed by atoms with E-state index < -0.39 is 0 Å². The number of carbonyl (C=O) groups is 1.